The van der Waals surface area contributed by atoms with Gasteiger partial charge in [0.25, 0.3) is 0 Å². The Hall–Kier alpha value is -0.990. The summed E-state index contributed by atoms with van der Waals surface area (Å²) < 4.78 is 0. The number of hydrogen-bond acceptors (Lipinski definition) is 1. The van der Waals surface area contributed by atoms with E-state index in [9.17, 15) is 4.79 Å². The molecular weight excluding hydrogens is 176 g/mol. The lowest BCUT2D eigenvalue weighted by molar-refractivity contribution is 0.240. The standard InChI is InChI=1S/C11H18N2O/c14-11(13-10-5-6-10)12-8-7-9-3-1-2-4-9/h3,10H,1-2,4-8H2,(H2,12,13,14). The highest BCUT2D eigenvalue weighted by Gasteiger charge is 2.22. The zero-order chi connectivity index (χ0) is 9.80. The minimum absolute atomic E-state index is 0.00565. The van der Waals surface area contributed by atoms with E-state index in [1.807, 2.05) is 0 Å². The van der Waals surface area contributed by atoms with Gasteiger partial charge in [0.15, 0.2) is 0 Å². The molecule has 1 saturated carbocycles. The van der Waals surface area contributed by atoms with Gasteiger partial charge in [-0.05, 0) is 38.5 Å². The lowest BCUT2D eigenvalue weighted by atomic mass is 10.2. The normalized spacial score (nSPS) is 20.4. The Morgan fingerprint density at radius 1 is 1.50 bits per heavy atom. The molecule has 2 rings (SSSR count). The Morgan fingerprint density at radius 3 is 3.00 bits per heavy atom. The van der Waals surface area contributed by atoms with Gasteiger partial charge in [0, 0.05) is 12.6 Å². The molecule has 0 spiro atoms. The molecule has 14 heavy (non-hydrogen) atoms. The van der Waals surface area contributed by atoms with Crippen LogP contribution in [0, 0.1) is 0 Å². The van der Waals surface area contributed by atoms with Crippen LogP contribution in [0.5, 0.6) is 0 Å². The topological polar surface area (TPSA) is 41.1 Å². The van der Waals surface area contributed by atoms with Crippen LogP contribution in [0.25, 0.3) is 0 Å². The number of carbonyl (C=O) groups is 1. The van der Waals surface area contributed by atoms with E-state index < -0.39 is 0 Å². The second-order valence-corrected chi connectivity index (χ2v) is 4.18. The predicted molar refractivity (Wildman–Crippen MR) is 56.1 cm³/mol. The van der Waals surface area contributed by atoms with Gasteiger partial charge < -0.3 is 10.6 Å². The third kappa shape index (κ3) is 3.05. The van der Waals surface area contributed by atoms with Crippen LogP contribution in [0.1, 0.15) is 38.5 Å². The van der Waals surface area contributed by atoms with Crippen molar-refractivity contribution in [2.45, 2.75) is 44.6 Å². The zero-order valence-electron chi connectivity index (χ0n) is 8.51. The van der Waals surface area contributed by atoms with Crippen LogP contribution in [0.3, 0.4) is 0 Å². The molecule has 2 N–H and O–H groups in total. The molecule has 0 heterocycles. The van der Waals surface area contributed by atoms with Crippen LogP contribution in [-0.4, -0.2) is 18.6 Å². The molecule has 2 aliphatic rings. The molecule has 0 aromatic rings. The molecule has 0 saturated heterocycles. The Kier molecular flexibility index (Phi) is 3.07. The van der Waals surface area contributed by atoms with Crippen molar-refractivity contribution < 1.29 is 4.79 Å². The van der Waals surface area contributed by atoms with Crippen molar-refractivity contribution in [1.29, 1.82) is 0 Å². The van der Waals surface area contributed by atoms with E-state index in [1.54, 1.807) is 0 Å². The lowest BCUT2D eigenvalue weighted by Gasteiger charge is -2.06. The molecule has 0 radical (unpaired) electrons. The van der Waals surface area contributed by atoms with E-state index in [0.717, 1.165) is 25.8 Å². The highest BCUT2D eigenvalue weighted by atomic mass is 16.2. The van der Waals surface area contributed by atoms with Crippen molar-refractivity contribution in [1.82, 2.24) is 10.6 Å². The zero-order valence-corrected chi connectivity index (χ0v) is 8.51. The summed E-state index contributed by atoms with van der Waals surface area (Å²) >= 11 is 0. The van der Waals surface area contributed by atoms with Crippen LogP contribution in [0.4, 0.5) is 4.79 Å². The monoisotopic (exact) mass is 194 g/mol. The molecule has 2 amide bonds. The Morgan fingerprint density at radius 2 is 2.36 bits per heavy atom. The summed E-state index contributed by atoms with van der Waals surface area (Å²) in [6, 6.07) is 0.465. The maximum absolute atomic E-state index is 11.2. The number of hydrogen-bond donors (Lipinski definition) is 2. The fourth-order valence-corrected chi connectivity index (χ4v) is 1.77. The first-order valence-corrected chi connectivity index (χ1v) is 5.57. The maximum Gasteiger partial charge on any atom is 0.315 e. The number of allylic oxidation sites excluding steroid dienone is 1. The van der Waals surface area contributed by atoms with Crippen LogP contribution >= 0.6 is 0 Å². The maximum atomic E-state index is 11.2. The van der Waals surface area contributed by atoms with Gasteiger partial charge in [-0.25, -0.2) is 4.79 Å². The Labute approximate surface area is 84.9 Å². The van der Waals surface area contributed by atoms with Crippen LogP contribution < -0.4 is 10.6 Å². The highest BCUT2D eigenvalue weighted by Crippen LogP contribution is 2.20. The van der Waals surface area contributed by atoms with Crippen molar-refractivity contribution in [3.63, 3.8) is 0 Å². The van der Waals surface area contributed by atoms with E-state index >= 15 is 0 Å². The van der Waals surface area contributed by atoms with Crippen LogP contribution in [-0.2, 0) is 0 Å². The van der Waals surface area contributed by atoms with E-state index in [2.05, 4.69) is 16.7 Å². The summed E-state index contributed by atoms with van der Waals surface area (Å²) in [7, 11) is 0. The van der Waals surface area contributed by atoms with E-state index in [1.165, 1.54) is 24.8 Å². The molecule has 1 fully saturated rings. The first-order valence-electron chi connectivity index (χ1n) is 5.57. The summed E-state index contributed by atoms with van der Waals surface area (Å²) in [5.74, 6) is 0. The van der Waals surface area contributed by atoms with Crippen molar-refractivity contribution in [2.75, 3.05) is 6.54 Å². The highest BCUT2D eigenvalue weighted by molar-refractivity contribution is 5.74. The van der Waals surface area contributed by atoms with E-state index in [4.69, 9.17) is 0 Å². The number of carbonyl (C=O) groups excluding carboxylic acids is 1. The Balaban J connectivity index is 1.54. The van der Waals surface area contributed by atoms with Crippen molar-refractivity contribution in [3.8, 4) is 0 Å². The van der Waals surface area contributed by atoms with E-state index in [-0.39, 0.29) is 6.03 Å². The third-order valence-electron chi connectivity index (χ3n) is 2.78. The minimum Gasteiger partial charge on any atom is -0.338 e. The van der Waals surface area contributed by atoms with Gasteiger partial charge in [0.2, 0.25) is 0 Å². The van der Waals surface area contributed by atoms with Gasteiger partial charge in [-0.15, -0.1) is 0 Å². The van der Waals surface area contributed by atoms with Crippen molar-refractivity contribution in [3.05, 3.63) is 11.6 Å². The van der Waals surface area contributed by atoms with Gasteiger partial charge >= 0.3 is 6.03 Å². The van der Waals surface area contributed by atoms with Gasteiger partial charge in [-0.2, -0.15) is 0 Å². The molecule has 3 heteroatoms. The fourth-order valence-electron chi connectivity index (χ4n) is 1.77. The minimum atomic E-state index is 0.00565. The summed E-state index contributed by atoms with van der Waals surface area (Å²) in [5, 5.41) is 5.80. The fraction of sp³-hybridized carbons (Fsp3) is 0.727. The second kappa shape index (κ2) is 4.49. The molecule has 0 unspecified atom stereocenters. The average molecular weight is 194 g/mol. The number of nitrogens with one attached hydrogen (secondary N) is 2. The first-order chi connectivity index (χ1) is 6.84. The molecule has 0 atom stereocenters. The first kappa shape index (κ1) is 9.56. The Bertz CT molecular complexity index is 244. The second-order valence-electron chi connectivity index (χ2n) is 4.18. The van der Waals surface area contributed by atoms with Gasteiger partial charge in [0.1, 0.15) is 0 Å². The summed E-state index contributed by atoms with van der Waals surface area (Å²) in [5.41, 5.74) is 1.51. The van der Waals surface area contributed by atoms with Gasteiger partial charge in [-0.1, -0.05) is 11.6 Å². The summed E-state index contributed by atoms with van der Waals surface area (Å²) in [4.78, 5) is 11.2. The van der Waals surface area contributed by atoms with E-state index in [0.29, 0.717) is 6.04 Å². The molecule has 3 nitrogen and oxygen atoms in total. The SMILES string of the molecule is O=C(NCCC1=CCCC1)NC1CC1. The quantitative estimate of drug-likeness (QED) is 0.660. The number of urea groups is 1. The predicted octanol–water partition coefficient (Wildman–Crippen LogP) is 1.95. The average Bonchev–Trinajstić information content (AvgIpc) is 2.82. The number of amides is 2. The van der Waals surface area contributed by atoms with Gasteiger partial charge in [-0.3, -0.25) is 0 Å². The molecular formula is C11H18N2O. The molecule has 0 bridgehead atoms. The smallest absolute Gasteiger partial charge is 0.315 e. The van der Waals surface area contributed by atoms with Gasteiger partial charge in [0.05, 0.1) is 0 Å². The molecule has 78 valence electrons. The largest absolute Gasteiger partial charge is 0.338 e. The van der Waals surface area contributed by atoms with Crippen LogP contribution in [0.2, 0.25) is 0 Å². The number of rotatable bonds is 4. The van der Waals surface area contributed by atoms with Crippen molar-refractivity contribution in [2.24, 2.45) is 0 Å². The summed E-state index contributed by atoms with van der Waals surface area (Å²) in [6.45, 7) is 0.782. The third-order valence-corrected chi connectivity index (χ3v) is 2.78. The lowest BCUT2D eigenvalue weighted by Crippen LogP contribution is -2.37. The molecule has 0 aromatic carbocycles. The molecule has 2 aliphatic carbocycles. The summed E-state index contributed by atoms with van der Waals surface area (Å²) in [6.07, 6.45) is 9.38. The van der Waals surface area contributed by atoms with Crippen LogP contribution in [0.15, 0.2) is 11.6 Å². The molecule has 0 aromatic heterocycles. The molecule has 0 aliphatic heterocycles. The van der Waals surface area contributed by atoms with Crippen molar-refractivity contribution >= 4 is 6.03 Å².